The highest BCUT2D eigenvalue weighted by Gasteiger charge is 2.38. The number of hydrogen-bond donors (Lipinski definition) is 2. The third kappa shape index (κ3) is 4.62. The molecular formula is C22H27N3O4. The molecule has 3 heterocycles. The van der Waals surface area contributed by atoms with E-state index in [2.05, 4.69) is 15.5 Å². The Bertz CT molecular complexity index is 838. The number of carbonyl (C=O) groups excluding carboxylic acids is 2. The van der Waals surface area contributed by atoms with Crippen LogP contribution in [0, 0.1) is 0 Å². The summed E-state index contributed by atoms with van der Waals surface area (Å²) >= 11 is 0. The molecule has 154 valence electrons. The lowest BCUT2D eigenvalue weighted by atomic mass is 9.81. The van der Waals surface area contributed by atoms with E-state index in [0.29, 0.717) is 23.3 Å². The zero-order valence-corrected chi connectivity index (χ0v) is 16.6. The molecule has 2 unspecified atom stereocenters. The Balaban J connectivity index is 1.34. The average molecular weight is 397 g/mol. The fourth-order valence-electron chi connectivity index (χ4n) is 4.63. The molecule has 29 heavy (non-hydrogen) atoms. The summed E-state index contributed by atoms with van der Waals surface area (Å²) in [6.07, 6.45) is 7.14. The van der Waals surface area contributed by atoms with Crippen LogP contribution in [0.1, 0.15) is 48.2 Å². The van der Waals surface area contributed by atoms with Gasteiger partial charge in [0, 0.05) is 23.8 Å². The number of nitrogens with one attached hydrogen (secondary N) is 2. The molecule has 0 saturated carbocycles. The van der Waals surface area contributed by atoms with E-state index in [9.17, 15) is 9.59 Å². The standard InChI is InChI=1S/C22H27N3O4/c1-28-21(26)15-5-2-6-16(11-15)23-22(27)24-17-12-18-7-3-8-19(13-17)25(18)14-20-9-4-10-29-20/h2,4-6,9-11,17-19H,3,7-8,12-14H2,1H3,(H2,23,24,27). The van der Waals surface area contributed by atoms with E-state index in [4.69, 9.17) is 9.15 Å². The Hall–Kier alpha value is -2.80. The molecule has 0 aliphatic carbocycles. The molecule has 2 amide bonds. The molecule has 2 aliphatic rings. The van der Waals surface area contributed by atoms with Gasteiger partial charge >= 0.3 is 12.0 Å². The predicted molar refractivity (Wildman–Crippen MR) is 109 cm³/mol. The summed E-state index contributed by atoms with van der Waals surface area (Å²) in [6, 6.07) is 11.5. The van der Waals surface area contributed by atoms with Crippen molar-refractivity contribution >= 4 is 17.7 Å². The quantitative estimate of drug-likeness (QED) is 0.751. The molecule has 1 aromatic carbocycles. The predicted octanol–water partition coefficient (Wildman–Crippen LogP) is 3.77. The number of carbonyl (C=O) groups is 2. The third-order valence-electron chi connectivity index (χ3n) is 5.92. The van der Waals surface area contributed by atoms with Gasteiger partial charge in [-0.3, -0.25) is 4.90 Å². The number of furan rings is 1. The molecule has 2 aliphatic heterocycles. The minimum atomic E-state index is -0.425. The Labute approximate surface area is 170 Å². The molecule has 2 aromatic rings. The van der Waals surface area contributed by atoms with Crippen molar-refractivity contribution in [3.63, 3.8) is 0 Å². The van der Waals surface area contributed by atoms with Crippen LogP contribution in [0.15, 0.2) is 47.1 Å². The molecule has 2 fully saturated rings. The van der Waals surface area contributed by atoms with Crippen molar-refractivity contribution in [3.8, 4) is 0 Å². The lowest BCUT2D eigenvalue weighted by Crippen LogP contribution is -2.56. The summed E-state index contributed by atoms with van der Waals surface area (Å²) in [7, 11) is 1.34. The molecule has 0 radical (unpaired) electrons. The largest absolute Gasteiger partial charge is 0.468 e. The first kappa shape index (κ1) is 19.5. The Morgan fingerprint density at radius 1 is 1.17 bits per heavy atom. The highest BCUT2D eigenvalue weighted by molar-refractivity contribution is 5.93. The number of fused-ring (bicyclic) bond motifs is 2. The fraction of sp³-hybridized carbons (Fsp3) is 0.455. The van der Waals surface area contributed by atoms with Crippen LogP contribution in [0.5, 0.6) is 0 Å². The molecule has 7 heteroatoms. The normalized spacial score (nSPS) is 24.0. The summed E-state index contributed by atoms with van der Waals surface area (Å²) in [5.74, 6) is 0.572. The fourth-order valence-corrected chi connectivity index (χ4v) is 4.63. The van der Waals surface area contributed by atoms with Crippen molar-refractivity contribution in [2.24, 2.45) is 0 Å². The van der Waals surface area contributed by atoms with Crippen LogP contribution in [0.25, 0.3) is 0 Å². The van der Waals surface area contributed by atoms with Crippen LogP contribution < -0.4 is 10.6 Å². The van der Waals surface area contributed by atoms with Gasteiger partial charge in [0.1, 0.15) is 5.76 Å². The van der Waals surface area contributed by atoms with Crippen LogP contribution in [0.3, 0.4) is 0 Å². The van der Waals surface area contributed by atoms with Crippen molar-refractivity contribution < 1.29 is 18.7 Å². The molecule has 2 atom stereocenters. The summed E-state index contributed by atoms with van der Waals surface area (Å²) in [4.78, 5) is 26.7. The first-order valence-electron chi connectivity index (χ1n) is 10.2. The van der Waals surface area contributed by atoms with Crippen LogP contribution in [0.2, 0.25) is 0 Å². The summed E-state index contributed by atoms with van der Waals surface area (Å²) in [5, 5.41) is 5.96. The SMILES string of the molecule is COC(=O)c1cccc(NC(=O)NC2CC3CCCC(C2)N3Cc2ccco2)c1. The smallest absolute Gasteiger partial charge is 0.337 e. The highest BCUT2D eigenvalue weighted by Crippen LogP contribution is 2.35. The highest BCUT2D eigenvalue weighted by atomic mass is 16.5. The number of esters is 1. The molecule has 1 aromatic heterocycles. The second-order valence-corrected chi connectivity index (χ2v) is 7.83. The maximum absolute atomic E-state index is 12.5. The van der Waals surface area contributed by atoms with E-state index in [0.717, 1.165) is 38.0 Å². The van der Waals surface area contributed by atoms with Crippen molar-refractivity contribution in [2.45, 2.75) is 56.8 Å². The third-order valence-corrected chi connectivity index (χ3v) is 5.92. The Kier molecular flexibility index (Phi) is 5.85. The van der Waals surface area contributed by atoms with Crippen LogP contribution in [0.4, 0.5) is 10.5 Å². The second kappa shape index (κ2) is 8.69. The maximum Gasteiger partial charge on any atom is 0.337 e. The number of hydrogen-bond acceptors (Lipinski definition) is 5. The van der Waals surface area contributed by atoms with Gasteiger partial charge in [0.2, 0.25) is 0 Å². The van der Waals surface area contributed by atoms with Gasteiger partial charge in [-0.15, -0.1) is 0 Å². The Morgan fingerprint density at radius 3 is 2.66 bits per heavy atom. The number of piperidine rings is 2. The number of ether oxygens (including phenoxy) is 1. The van der Waals surface area contributed by atoms with Crippen LogP contribution in [-0.2, 0) is 11.3 Å². The van der Waals surface area contributed by atoms with E-state index < -0.39 is 5.97 Å². The van der Waals surface area contributed by atoms with Gasteiger partial charge in [0.05, 0.1) is 25.5 Å². The lowest BCUT2D eigenvalue weighted by molar-refractivity contribution is 0.0150. The van der Waals surface area contributed by atoms with Gasteiger partial charge in [0.25, 0.3) is 0 Å². The Morgan fingerprint density at radius 2 is 1.97 bits per heavy atom. The number of methoxy groups -OCH3 is 1. The molecule has 0 spiro atoms. The topological polar surface area (TPSA) is 83.8 Å². The number of anilines is 1. The zero-order valence-electron chi connectivity index (χ0n) is 16.6. The number of urea groups is 1. The summed E-state index contributed by atoms with van der Waals surface area (Å²) in [5.41, 5.74) is 0.979. The van der Waals surface area contributed by atoms with Gasteiger partial charge in [-0.1, -0.05) is 12.5 Å². The minimum absolute atomic E-state index is 0.141. The molecule has 2 bridgehead atoms. The summed E-state index contributed by atoms with van der Waals surface area (Å²) in [6.45, 7) is 0.835. The van der Waals surface area contributed by atoms with Crippen LogP contribution >= 0.6 is 0 Å². The van der Waals surface area contributed by atoms with E-state index in [1.165, 1.54) is 13.5 Å². The van der Waals surface area contributed by atoms with Crippen molar-refractivity contribution in [1.29, 1.82) is 0 Å². The van der Waals surface area contributed by atoms with Crippen molar-refractivity contribution in [2.75, 3.05) is 12.4 Å². The molecule has 7 nitrogen and oxygen atoms in total. The van der Waals surface area contributed by atoms with Gasteiger partial charge in [-0.2, -0.15) is 0 Å². The van der Waals surface area contributed by atoms with Gasteiger partial charge < -0.3 is 19.8 Å². The molecule has 2 saturated heterocycles. The van der Waals surface area contributed by atoms with Gasteiger partial charge in [0.15, 0.2) is 0 Å². The molecule has 4 rings (SSSR count). The number of amides is 2. The van der Waals surface area contributed by atoms with Gasteiger partial charge in [-0.25, -0.2) is 9.59 Å². The van der Waals surface area contributed by atoms with E-state index in [-0.39, 0.29) is 12.1 Å². The first-order valence-corrected chi connectivity index (χ1v) is 10.2. The van der Waals surface area contributed by atoms with Gasteiger partial charge in [-0.05, 0) is 56.0 Å². The van der Waals surface area contributed by atoms with E-state index in [1.54, 1.807) is 30.5 Å². The van der Waals surface area contributed by atoms with Crippen LogP contribution in [-0.4, -0.2) is 42.1 Å². The molecule has 2 N–H and O–H groups in total. The average Bonchev–Trinajstić information content (AvgIpc) is 3.21. The van der Waals surface area contributed by atoms with Crippen molar-refractivity contribution in [3.05, 3.63) is 54.0 Å². The van der Waals surface area contributed by atoms with E-state index in [1.807, 2.05) is 12.1 Å². The lowest BCUT2D eigenvalue weighted by Gasteiger charge is -2.48. The van der Waals surface area contributed by atoms with Crippen molar-refractivity contribution in [1.82, 2.24) is 10.2 Å². The maximum atomic E-state index is 12.5. The minimum Gasteiger partial charge on any atom is -0.468 e. The summed E-state index contributed by atoms with van der Waals surface area (Å²) < 4.78 is 10.3. The number of rotatable bonds is 5. The second-order valence-electron chi connectivity index (χ2n) is 7.83. The monoisotopic (exact) mass is 397 g/mol. The number of benzene rings is 1. The van der Waals surface area contributed by atoms with E-state index >= 15 is 0 Å². The number of nitrogens with zero attached hydrogens (tertiary/aromatic N) is 1. The molecular weight excluding hydrogens is 370 g/mol. The first-order chi connectivity index (χ1) is 14.1. The zero-order chi connectivity index (χ0) is 20.2.